The van der Waals surface area contributed by atoms with E-state index in [9.17, 15) is 14.4 Å². The summed E-state index contributed by atoms with van der Waals surface area (Å²) < 4.78 is 0. The Balaban J connectivity index is 2.56. The molecule has 9 heteroatoms. The highest BCUT2D eigenvalue weighted by Gasteiger charge is 2.23. The van der Waals surface area contributed by atoms with E-state index in [1.54, 1.807) is 10.9 Å². The molecule has 0 saturated carbocycles. The summed E-state index contributed by atoms with van der Waals surface area (Å²) in [5.41, 5.74) is 7.25. The van der Waals surface area contributed by atoms with Gasteiger partial charge in [-0.05, 0) is 0 Å². The van der Waals surface area contributed by atoms with Gasteiger partial charge in [-0.2, -0.15) is 0 Å². The van der Waals surface area contributed by atoms with Crippen LogP contribution in [0.15, 0.2) is 10.9 Å². The molecule has 4 N–H and O–H groups in total. The maximum Gasteiger partial charge on any atom is 0.326 e. The Morgan fingerprint density at radius 3 is 2.74 bits per heavy atom. The molecular weight excluding hydrogens is 272 g/mol. The van der Waals surface area contributed by atoms with Crippen molar-refractivity contribution in [3.8, 4) is 0 Å². The Kier molecular flexibility index (Phi) is 5.24. The molecule has 0 saturated heterocycles. The molecule has 0 spiro atoms. The van der Waals surface area contributed by atoms with Crippen molar-refractivity contribution in [2.24, 2.45) is 5.73 Å². The Hall–Kier alpha value is -2.16. The van der Waals surface area contributed by atoms with Crippen molar-refractivity contribution in [2.75, 3.05) is 7.05 Å². The molecule has 3 amide bonds. The van der Waals surface area contributed by atoms with Crippen LogP contribution in [0.2, 0.25) is 0 Å². The van der Waals surface area contributed by atoms with Crippen LogP contribution in [0, 0.1) is 0 Å². The standard InChI is InChI=1S/C10H14N4O4S/c1-14(3-6-4-19-5-12-6)10(18)13-7(9(16)17)2-8(11)15/h4-5,7H,2-3H2,1H3,(H2,11,15)(H,13,18)(H,16,17)/t7-/m1/s1. The van der Waals surface area contributed by atoms with Gasteiger partial charge in [0.05, 0.1) is 24.2 Å². The summed E-state index contributed by atoms with van der Waals surface area (Å²) in [6, 6.07) is -1.94. The highest BCUT2D eigenvalue weighted by Crippen LogP contribution is 2.04. The number of carboxylic acid groups (broad SMARTS) is 1. The lowest BCUT2D eigenvalue weighted by Crippen LogP contribution is -2.48. The SMILES string of the molecule is CN(Cc1cscn1)C(=O)N[C@H](CC(N)=O)C(=O)O. The van der Waals surface area contributed by atoms with Crippen molar-refractivity contribution in [2.45, 2.75) is 19.0 Å². The lowest BCUT2D eigenvalue weighted by atomic mass is 10.2. The maximum absolute atomic E-state index is 11.7. The van der Waals surface area contributed by atoms with Crippen molar-refractivity contribution >= 4 is 29.2 Å². The van der Waals surface area contributed by atoms with E-state index in [-0.39, 0.29) is 6.54 Å². The number of primary amides is 1. The molecule has 1 atom stereocenters. The number of nitrogens with zero attached hydrogens (tertiary/aromatic N) is 2. The Labute approximate surface area is 113 Å². The first-order valence-corrected chi connectivity index (χ1v) is 6.24. The Bertz CT molecular complexity index is 462. The molecule has 0 bridgehead atoms. The fourth-order valence-electron chi connectivity index (χ4n) is 1.29. The third kappa shape index (κ3) is 4.92. The van der Waals surface area contributed by atoms with E-state index < -0.39 is 30.4 Å². The number of hydrogen-bond acceptors (Lipinski definition) is 5. The quantitative estimate of drug-likeness (QED) is 0.656. The van der Waals surface area contributed by atoms with Gasteiger partial charge in [-0.1, -0.05) is 0 Å². The smallest absolute Gasteiger partial charge is 0.326 e. The summed E-state index contributed by atoms with van der Waals surface area (Å²) in [7, 11) is 1.50. The van der Waals surface area contributed by atoms with Crippen LogP contribution in [-0.2, 0) is 16.1 Å². The average Bonchev–Trinajstić information content (AvgIpc) is 2.79. The predicted octanol–water partition coefficient (Wildman–Crippen LogP) is -0.387. The summed E-state index contributed by atoms with van der Waals surface area (Å²) in [5.74, 6) is -2.11. The second-order valence-electron chi connectivity index (χ2n) is 3.85. The summed E-state index contributed by atoms with van der Waals surface area (Å²) in [6.45, 7) is 0.248. The summed E-state index contributed by atoms with van der Waals surface area (Å²) >= 11 is 1.40. The van der Waals surface area contributed by atoms with Crippen LogP contribution in [0.25, 0.3) is 0 Å². The molecule has 0 aliphatic carbocycles. The van der Waals surface area contributed by atoms with E-state index in [1.807, 2.05) is 0 Å². The average molecular weight is 286 g/mol. The van der Waals surface area contributed by atoms with Crippen molar-refractivity contribution in [3.63, 3.8) is 0 Å². The molecule has 0 fully saturated rings. The highest BCUT2D eigenvalue weighted by atomic mass is 32.1. The first-order chi connectivity index (χ1) is 8.90. The van der Waals surface area contributed by atoms with E-state index in [0.717, 1.165) is 0 Å². The molecule has 1 rings (SSSR count). The molecule has 104 valence electrons. The van der Waals surface area contributed by atoms with Gasteiger partial charge in [0.1, 0.15) is 6.04 Å². The van der Waals surface area contributed by atoms with Gasteiger partial charge in [0.15, 0.2) is 0 Å². The van der Waals surface area contributed by atoms with Gasteiger partial charge in [-0.15, -0.1) is 11.3 Å². The molecule has 0 aliphatic heterocycles. The minimum Gasteiger partial charge on any atom is -0.480 e. The van der Waals surface area contributed by atoms with Crippen LogP contribution in [0.1, 0.15) is 12.1 Å². The number of urea groups is 1. The summed E-state index contributed by atoms with van der Waals surface area (Å²) in [6.07, 6.45) is -0.453. The number of amides is 3. The van der Waals surface area contributed by atoms with Gasteiger partial charge in [-0.3, -0.25) is 4.79 Å². The first-order valence-electron chi connectivity index (χ1n) is 5.30. The molecule has 0 radical (unpaired) electrons. The predicted molar refractivity (Wildman–Crippen MR) is 67.3 cm³/mol. The molecule has 1 heterocycles. The van der Waals surface area contributed by atoms with Crippen LogP contribution in [0.3, 0.4) is 0 Å². The van der Waals surface area contributed by atoms with Crippen LogP contribution in [0.4, 0.5) is 4.79 Å². The second-order valence-corrected chi connectivity index (χ2v) is 4.57. The Morgan fingerprint density at radius 1 is 1.58 bits per heavy atom. The molecule has 8 nitrogen and oxygen atoms in total. The molecule has 1 aromatic heterocycles. The number of hydrogen-bond donors (Lipinski definition) is 3. The zero-order valence-electron chi connectivity index (χ0n) is 10.2. The largest absolute Gasteiger partial charge is 0.480 e. The number of nitrogens with two attached hydrogens (primary N) is 1. The zero-order valence-corrected chi connectivity index (χ0v) is 11.0. The number of carbonyl (C=O) groups is 3. The lowest BCUT2D eigenvalue weighted by Gasteiger charge is -2.20. The molecule has 0 unspecified atom stereocenters. The van der Waals surface area contributed by atoms with E-state index in [4.69, 9.17) is 10.8 Å². The maximum atomic E-state index is 11.7. The summed E-state index contributed by atoms with van der Waals surface area (Å²) in [4.78, 5) is 38.6. The first kappa shape index (κ1) is 14.9. The molecule has 1 aromatic rings. The van der Waals surface area contributed by atoms with E-state index >= 15 is 0 Å². The van der Waals surface area contributed by atoms with Crippen molar-refractivity contribution in [1.29, 1.82) is 0 Å². The number of rotatable bonds is 6. The number of carboxylic acids is 1. The third-order valence-corrected chi connectivity index (χ3v) is 2.87. The fourth-order valence-corrected chi connectivity index (χ4v) is 1.84. The van der Waals surface area contributed by atoms with Crippen molar-refractivity contribution in [3.05, 3.63) is 16.6 Å². The van der Waals surface area contributed by atoms with E-state index in [2.05, 4.69) is 10.3 Å². The number of nitrogens with one attached hydrogen (secondary N) is 1. The van der Waals surface area contributed by atoms with E-state index in [1.165, 1.54) is 23.3 Å². The molecular formula is C10H14N4O4S. The van der Waals surface area contributed by atoms with Gasteiger partial charge in [-0.25, -0.2) is 14.6 Å². The van der Waals surface area contributed by atoms with Crippen LogP contribution >= 0.6 is 11.3 Å². The van der Waals surface area contributed by atoms with Crippen LogP contribution in [-0.4, -0.2) is 46.0 Å². The molecule has 0 aliphatic rings. The minimum atomic E-state index is -1.33. The number of thiazole rings is 1. The highest BCUT2D eigenvalue weighted by molar-refractivity contribution is 7.07. The number of aliphatic carboxylic acids is 1. The fraction of sp³-hybridized carbons (Fsp3) is 0.400. The normalized spacial score (nSPS) is 11.6. The van der Waals surface area contributed by atoms with Crippen molar-refractivity contribution in [1.82, 2.24) is 15.2 Å². The van der Waals surface area contributed by atoms with Gasteiger partial charge in [0.25, 0.3) is 0 Å². The minimum absolute atomic E-state index is 0.248. The second kappa shape index (κ2) is 6.69. The molecule has 0 aromatic carbocycles. The van der Waals surface area contributed by atoms with Gasteiger partial charge >= 0.3 is 12.0 Å². The van der Waals surface area contributed by atoms with Crippen molar-refractivity contribution < 1.29 is 19.5 Å². The summed E-state index contributed by atoms with van der Waals surface area (Å²) in [5, 5.41) is 12.9. The van der Waals surface area contributed by atoms with E-state index in [0.29, 0.717) is 5.69 Å². The number of carbonyl (C=O) groups excluding carboxylic acids is 2. The monoisotopic (exact) mass is 286 g/mol. The topological polar surface area (TPSA) is 126 Å². The molecule has 19 heavy (non-hydrogen) atoms. The van der Waals surface area contributed by atoms with Gasteiger partial charge in [0.2, 0.25) is 5.91 Å². The third-order valence-electron chi connectivity index (χ3n) is 2.23. The lowest BCUT2D eigenvalue weighted by molar-refractivity contribution is -0.140. The zero-order chi connectivity index (χ0) is 14.4. The van der Waals surface area contributed by atoms with Gasteiger partial charge in [0, 0.05) is 12.4 Å². The van der Waals surface area contributed by atoms with Crippen LogP contribution < -0.4 is 11.1 Å². The number of aromatic nitrogens is 1. The van der Waals surface area contributed by atoms with Crippen LogP contribution in [0.5, 0.6) is 0 Å². The Morgan fingerprint density at radius 2 is 2.26 bits per heavy atom. The van der Waals surface area contributed by atoms with Gasteiger partial charge < -0.3 is 21.1 Å².